The van der Waals surface area contributed by atoms with E-state index < -0.39 is 20.9 Å². The summed E-state index contributed by atoms with van der Waals surface area (Å²) in [5.74, 6) is -0.702. The lowest BCUT2D eigenvalue weighted by molar-refractivity contribution is 0.459. The normalized spacial score (nSPS) is 13.4. The highest BCUT2D eigenvalue weighted by Crippen LogP contribution is 2.29. The Morgan fingerprint density at radius 1 is 1.33 bits per heavy atom. The summed E-state index contributed by atoms with van der Waals surface area (Å²) in [7, 11) is -3.86. The maximum atomic E-state index is 13.6. The van der Waals surface area contributed by atoms with Crippen LogP contribution in [0.1, 0.15) is 26.2 Å². The van der Waals surface area contributed by atoms with Gasteiger partial charge in [-0.3, -0.25) is 0 Å². The van der Waals surface area contributed by atoms with Crippen LogP contribution in [0.4, 0.5) is 4.39 Å². The third-order valence-electron chi connectivity index (χ3n) is 3.07. The van der Waals surface area contributed by atoms with Crippen molar-refractivity contribution in [1.82, 2.24) is 4.72 Å². The van der Waals surface area contributed by atoms with Gasteiger partial charge in [0.05, 0.1) is 10.0 Å². The molecule has 0 bridgehead atoms. The lowest BCUT2D eigenvalue weighted by Gasteiger charge is -2.16. The van der Waals surface area contributed by atoms with E-state index in [1.165, 1.54) is 12.1 Å². The molecular weight excluding hydrogens is 404 g/mol. The molecule has 0 saturated heterocycles. The van der Waals surface area contributed by atoms with Gasteiger partial charge in [-0.15, -0.1) is 0 Å². The molecule has 0 saturated carbocycles. The quantitative estimate of drug-likeness (QED) is 0.492. The average molecular weight is 421 g/mol. The molecule has 1 N–H and O–H groups in total. The largest absolute Gasteiger partial charge is 0.242 e. The van der Waals surface area contributed by atoms with E-state index in [-0.39, 0.29) is 15.8 Å². The Kier molecular flexibility index (Phi) is 7.92. The number of benzene rings is 1. The summed E-state index contributed by atoms with van der Waals surface area (Å²) < 4.78 is 40.5. The molecule has 0 fully saturated rings. The zero-order chi connectivity index (χ0) is 16.0. The van der Waals surface area contributed by atoms with Crippen molar-refractivity contribution in [2.75, 3.05) is 11.9 Å². The SMILES string of the molecule is CCCC(CCBr)CNS(=O)(=O)c1ccc(Cl)c(F)c1Cl. The van der Waals surface area contributed by atoms with E-state index in [0.717, 1.165) is 24.6 Å². The number of sulfonamides is 1. The van der Waals surface area contributed by atoms with Crippen LogP contribution in [0.15, 0.2) is 17.0 Å². The predicted molar refractivity (Wildman–Crippen MR) is 88.4 cm³/mol. The third-order valence-corrected chi connectivity index (χ3v) is 5.76. The van der Waals surface area contributed by atoms with Crippen molar-refractivity contribution in [3.8, 4) is 0 Å². The van der Waals surface area contributed by atoms with Gasteiger partial charge in [0.15, 0.2) is 5.82 Å². The maximum Gasteiger partial charge on any atom is 0.242 e. The summed E-state index contributed by atoms with van der Waals surface area (Å²) >= 11 is 14.7. The lowest BCUT2D eigenvalue weighted by Crippen LogP contribution is -2.30. The second-order valence-electron chi connectivity index (χ2n) is 4.66. The summed E-state index contributed by atoms with van der Waals surface area (Å²) in [6.45, 7) is 2.34. The van der Waals surface area contributed by atoms with Crippen molar-refractivity contribution in [3.05, 3.63) is 28.0 Å². The number of rotatable bonds is 8. The first-order valence-electron chi connectivity index (χ1n) is 6.52. The summed E-state index contributed by atoms with van der Waals surface area (Å²) in [6.07, 6.45) is 2.74. The monoisotopic (exact) mass is 419 g/mol. The number of halogens is 4. The highest BCUT2D eigenvalue weighted by molar-refractivity contribution is 9.09. The third kappa shape index (κ3) is 5.36. The molecular formula is C13H17BrCl2FNO2S. The van der Waals surface area contributed by atoms with Crippen molar-refractivity contribution >= 4 is 49.2 Å². The molecule has 120 valence electrons. The van der Waals surface area contributed by atoms with E-state index in [0.29, 0.717) is 6.54 Å². The molecule has 0 aliphatic rings. The van der Waals surface area contributed by atoms with Gasteiger partial charge in [-0.25, -0.2) is 17.5 Å². The molecule has 1 unspecified atom stereocenters. The van der Waals surface area contributed by atoms with E-state index in [2.05, 4.69) is 20.7 Å². The van der Waals surface area contributed by atoms with Crippen LogP contribution in [0.2, 0.25) is 10.0 Å². The van der Waals surface area contributed by atoms with Crippen LogP contribution < -0.4 is 4.72 Å². The lowest BCUT2D eigenvalue weighted by atomic mass is 10.0. The van der Waals surface area contributed by atoms with Gasteiger partial charge in [0, 0.05) is 11.9 Å². The number of hydrogen-bond donors (Lipinski definition) is 1. The van der Waals surface area contributed by atoms with E-state index in [9.17, 15) is 12.8 Å². The first-order chi connectivity index (χ1) is 9.83. The Bertz CT molecular complexity index is 578. The fourth-order valence-corrected chi connectivity index (χ4v) is 4.44. The molecule has 1 aromatic carbocycles. The van der Waals surface area contributed by atoms with Gasteiger partial charge in [-0.2, -0.15) is 0 Å². The summed E-state index contributed by atoms with van der Waals surface area (Å²) in [5.41, 5.74) is 0. The van der Waals surface area contributed by atoms with Crippen LogP contribution in [0, 0.1) is 11.7 Å². The molecule has 1 atom stereocenters. The van der Waals surface area contributed by atoms with Crippen molar-refractivity contribution in [2.24, 2.45) is 5.92 Å². The van der Waals surface area contributed by atoms with Crippen LogP contribution in [-0.2, 0) is 10.0 Å². The molecule has 0 spiro atoms. The minimum atomic E-state index is -3.86. The van der Waals surface area contributed by atoms with Gasteiger partial charge in [-0.1, -0.05) is 52.5 Å². The van der Waals surface area contributed by atoms with E-state index >= 15 is 0 Å². The van der Waals surface area contributed by atoms with Crippen LogP contribution in [-0.4, -0.2) is 20.3 Å². The standard InChI is InChI=1S/C13H17BrCl2FNO2S/c1-2-3-9(6-7-14)8-18-21(19,20)11-5-4-10(15)13(17)12(11)16/h4-5,9,18H,2-3,6-8H2,1H3. The van der Waals surface area contributed by atoms with Crippen molar-refractivity contribution in [1.29, 1.82) is 0 Å². The number of hydrogen-bond acceptors (Lipinski definition) is 2. The zero-order valence-corrected chi connectivity index (χ0v) is 15.4. The van der Waals surface area contributed by atoms with Gasteiger partial charge < -0.3 is 0 Å². The Morgan fingerprint density at radius 2 is 2.00 bits per heavy atom. The first kappa shape index (κ1) is 19.2. The minimum Gasteiger partial charge on any atom is -0.211 e. The Labute approximate surface area is 143 Å². The van der Waals surface area contributed by atoms with Gasteiger partial charge >= 0.3 is 0 Å². The topological polar surface area (TPSA) is 46.2 Å². The molecule has 0 aliphatic carbocycles. The molecule has 0 aromatic heterocycles. The zero-order valence-electron chi connectivity index (χ0n) is 11.5. The highest BCUT2D eigenvalue weighted by atomic mass is 79.9. The molecule has 0 heterocycles. The van der Waals surface area contributed by atoms with Crippen LogP contribution in [0.3, 0.4) is 0 Å². The van der Waals surface area contributed by atoms with E-state index in [1.54, 1.807) is 0 Å². The van der Waals surface area contributed by atoms with Gasteiger partial charge in [0.2, 0.25) is 10.0 Å². The van der Waals surface area contributed by atoms with Crippen LogP contribution in [0.5, 0.6) is 0 Å². The highest BCUT2D eigenvalue weighted by Gasteiger charge is 2.22. The summed E-state index contributed by atoms with van der Waals surface area (Å²) in [6, 6.07) is 2.38. The molecule has 1 aromatic rings. The van der Waals surface area contributed by atoms with Crippen LogP contribution in [0.25, 0.3) is 0 Å². The fourth-order valence-electron chi connectivity index (χ4n) is 1.93. The smallest absolute Gasteiger partial charge is 0.211 e. The Balaban J connectivity index is 2.89. The van der Waals surface area contributed by atoms with Gasteiger partial charge in [0.25, 0.3) is 0 Å². The Hall–Kier alpha value is 0.120. The fraction of sp³-hybridized carbons (Fsp3) is 0.538. The maximum absolute atomic E-state index is 13.6. The first-order valence-corrected chi connectivity index (χ1v) is 9.88. The molecule has 3 nitrogen and oxygen atoms in total. The van der Waals surface area contributed by atoms with Crippen molar-refractivity contribution in [3.63, 3.8) is 0 Å². The van der Waals surface area contributed by atoms with Crippen molar-refractivity contribution in [2.45, 2.75) is 31.1 Å². The molecule has 1 rings (SSSR count). The summed E-state index contributed by atoms with van der Waals surface area (Å²) in [4.78, 5) is -0.292. The van der Waals surface area contributed by atoms with E-state index in [4.69, 9.17) is 23.2 Å². The Morgan fingerprint density at radius 3 is 2.57 bits per heavy atom. The predicted octanol–water partition coefficient (Wildman–Crippen LogP) is 4.61. The minimum absolute atomic E-state index is 0.206. The van der Waals surface area contributed by atoms with Gasteiger partial charge in [-0.05, 0) is 30.9 Å². The van der Waals surface area contributed by atoms with Crippen molar-refractivity contribution < 1.29 is 12.8 Å². The second-order valence-corrected chi connectivity index (χ2v) is 7.97. The van der Waals surface area contributed by atoms with Crippen LogP contribution >= 0.6 is 39.1 Å². The molecule has 21 heavy (non-hydrogen) atoms. The molecule has 0 aliphatic heterocycles. The summed E-state index contributed by atoms with van der Waals surface area (Å²) in [5, 5.41) is 0.111. The average Bonchev–Trinajstić information content (AvgIpc) is 2.42. The second kappa shape index (κ2) is 8.67. The molecule has 8 heteroatoms. The van der Waals surface area contributed by atoms with Gasteiger partial charge in [0.1, 0.15) is 4.90 Å². The van der Waals surface area contributed by atoms with E-state index in [1.807, 2.05) is 6.92 Å². The number of alkyl halides is 1. The molecule has 0 radical (unpaired) electrons. The molecule has 0 amide bonds. The number of nitrogens with one attached hydrogen (secondary N) is 1.